The first-order valence-electron chi connectivity index (χ1n) is 6.76. The Balaban J connectivity index is 1.96. The van der Waals surface area contributed by atoms with E-state index in [-0.39, 0.29) is 6.61 Å². The van der Waals surface area contributed by atoms with Gasteiger partial charge in [-0.3, -0.25) is 4.90 Å². The number of rotatable bonds is 3. The minimum atomic E-state index is -0.0825. The molecule has 19 heavy (non-hydrogen) atoms. The van der Waals surface area contributed by atoms with Crippen molar-refractivity contribution in [1.29, 1.82) is 0 Å². The summed E-state index contributed by atoms with van der Waals surface area (Å²) in [5.74, 6) is 5.65. The molecule has 3 heteroatoms. The van der Waals surface area contributed by atoms with E-state index in [1.165, 1.54) is 12.0 Å². The highest BCUT2D eigenvalue weighted by Crippen LogP contribution is 2.16. The first kappa shape index (κ1) is 14.1. The number of likely N-dealkylation sites (tertiary alicyclic amines) is 1. The summed E-state index contributed by atoms with van der Waals surface area (Å²) in [4.78, 5) is 4.80. The van der Waals surface area contributed by atoms with Crippen LogP contribution in [0, 0.1) is 11.8 Å². The van der Waals surface area contributed by atoms with Crippen LogP contribution in [0.3, 0.4) is 0 Å². The molecule has 1 atom stereocenters. The van der Waals surface area contributed by atoms with Crippen molar-refractivity contribution < 1.29 is 5.11 Å². The standard InChI is InChI=1S/C16H22N2O/c1-17(2)16-8-9-18(13-16)12-15-6-3-5-14(11-15)7-4-10-19/h3,5-6,11,16,19H,8-10,12-13H2,1-2H3. The van der Waals surface area contributed by atoms with Crippen LogP contribution in [-0.4, -0.2) is 54.7 Å². The second-order valence-electron chi connectivity index (χ2n) is 5.30. The third kappa shape index (κ3) is 4.07. The molecule has 1 unspecified atom stereocenters. The molecular formula is C16H22N2O. The number of aliphatic hydroxyl groups excluding tert-OH is 1. The van der Waals surface area contributed by atoms with Gasteiger partial charge in [0, 0.05) is 31.2 Å². The highest BCUT2D eigenvalue weighted by atomic mass is 16.2. The molecular weight excluding hydrogens is 236 g/mol. The van der Waals surface area contributed by atoms with Crippen molar-refractivity contribution in [1.82, 2.24) is 9.80 Å². The second kappa shape index (κ2) is 6.72. The summed E-state index contributed by atoms with van der Waals surface area (Å²) in [5.41, 5.74) is 2.28. The van der Waals surface area contributed by atoms with Crippen LogP contribution in [0.4, 0.5) is 0 Å². The Morgan fingerprint density at radius 3 is 2.95 bits per heavy atom. The minimum absolute atomic E-state index is 0.0825. The van der Waals surface area contributed by atoms with E-state index in [1.807, 2.05) is 12.1 Å². The van der Waals surface area contributed by atoms with E-state index in [1.54, 1.807) is 0 Å². The molecule has 102 valence electrons. The summed E-state index contributed by atoms with van der Waals surface area (Å²) >= 11 is 0. The summed E-state index contributed by atoms with van der Waals surface area (Å²) in [6.07, 6.45) is 1.25. The third-order valence-corrected chi connectivity index (χ3v) is 3.62. The number of hydrogen-bond acceptors (Lipinski definition) is 3. The van der Waals surface area contributed by atoms with Gasteiger partial charge in [-0.1, -0.05) is 24.0 Å². The molecule has 1 aliphatic rings. The Hall–Kier alpha value is -1.34. The Kier molecular flexibility index (Phi) is 4.98. The summed E-state index contributed by atoms with van der Waals surface area (Å²) in [5, 5.41) is 8.72. The molecule has 0 bridgehead atoms. The van der Waals surface area contributed by atoms with Crippen molar-refractivity contribution in [2.24, 2.45) is 0 Å². The maximum absolute atomic E-state index is 8.72. The fourth-order valence-electron chi connectivity index (χ4n) is 2.52. The van der Waals surface area contributed by atoms with E-state index < -0.39 is 0 Å². The van der Waals surface area contributed by atoms with Crippen molar-refractivity contribution in [2.45, 2.75) is 19.0 Å². The molecule has 0 amide bonds. The molecule has 3 nitrogen and oxygen atoms in total. The molecule has 1 heterocycles. The first-order chi connectivity index (χ1) is 9.19. The molecule has 1 aliphatic heterocycles. The van der Waals surface area contributed by atoms with E-state index in [4.69, 9.17) is 5.11 Å². The minimum Gasteiger partial charge on any atom is -0.384 e. The number of benzene rings is 1. The normalized spacial score (nSPS) is 19.5. The van der Waals surface area contributed by atoms with E-state index >= 15 is 0 Å². The fourth-order valence-corrected chi connectivity index (χ4v) is 2.52. The zero-order valence-electron chi connectivity index (χ0n) is 11.8. The molecule has 1 aromatic rings. The average molecular weight is 258 g/mol. The summed E-state index contributed by atoms with van der Waals surface area (Å²) in [6.45, 7) is 3.20. The van der Waals surface area contributed by atoms with Gasteiger partial charge in [-0.05, 0) is 38.2 Å². The molecule has 0 aliphatic carbocycles. The van der Waals surface area contributed by atoms with Gasteiger partial charge in [-0.15, -0.1) is 0 Å². The van der Waals surface area contributed by atoms with Crippen LogP contribution in [0.5, 0.6) is 0 Å². The summed E-state index contributed by atoms with van der Waals surface area (Å²) in [6, 6.07) is 8.96. The number of likely N-dealkylation sites (N-methyl/N-ethyl adjacent to an activating group) is 1. The lowest BCUT2D eigenvalue weighted by atomic mass is 10.1. The molecule has 0 spiro atoms. The van der Waals surface area contributed by atoms with Crippen molar-refractivity contribution in [3.63, 3.8) is 0 Å². The third-order valence-electron chi connectivity index (χ3n) is 3.62. The predicted molar refractivity (Wildman–Crippen MR) is 77.8 cm³/mol. The van der Waals surface area contributed by atoms with Gasteiger partial charge in [0.2, 0.25) is 0 Å². The van der Waals surface area contributed by atoms with E-state index in [2.05, 4.69) is 47.9 Å². The number of aliphatic hydroxyl groups is 1. The lowest BCUT2D eigenvalue weighted by molar-refractivity contribution is 0.264. The van der Waals surface area contributed by atoms with Crippen LogP contribution in [-0.2, 0) is 6.54 Å². The number of nitrogens with zero attached hydrogens (tertiary/aromatic N) is 2. The Bertz CT molecular complexity index is 473. The smallest absolute Gasteiger partial charge is 0.104 e. The zero-order chi connectivity index (χ0) is 13.7. The van der Waals surface area contributed by atoms with E-state index in [0.717, 1.165) is 25.2 Å². The maximum atomic E-state index is 8.72. The van der Waals surface area contributed by atoms with Gasteiger partial charge >= 0.3 is 0 Å². The first-order valence-corrected chi connectivity index (χ1v) is 6.76. The van der Waals surface area contributed by atoms with Crippen molar-refractivity contribution >= 4 is 0 Å². The molecule has 0 saturated carbocycles. The molecule has 0 aromatic heterocycles. The fraction of sp³-hybridized carbons (Fsp3) is 0.500. The van der Waals surface area contributed by atoms with E-state index in [0.29, 0.717) is 6.04 Å². The molecule has 1 aromatic carbocycles. The summed E-state index contributed by atoms with van der Waals surface area (Å²) < 4.78 is 0. The maximum Gasteiger partial charge on any atom is 0.104 e. The predicted octanol–water partition coefficient (Wildman–Crippen LogP) is 1.17. The van der Waals surface area contributed by atoms with Gasteiger partial charge < -0.3 is 10.0 Å². The van der Waals surface area contributed by atoms with Crippen LogP contribution in [0.25, 0.3) is 0 Å². The summed E-state index contributed by atoms with van der Waals surface area (Å²) in [7, 11) is 4.30. The Labute approximate surface area is 115 Å². The van der Waals surface area contributed by atoms with Crippen LogP contribution in [0.2, 0.25) is 0 Å². The average Bonchev–Trinajstić information content (AvgIpc) is 2.85. The molecule has 1 N–H and O–H groups in total. The van der Waals surface area contributed by atoms with Crippen molar-refractivity contribution in [3.05, 3.63) is 35.4 Å². The molecule has 1 fully saturated rings. The second-order valence-corrected chi connectivity index (χ2v) is 5.30. The van der Waals surface area contributed by atoms with Gasteiger partial charge in [0.25, 0.3) is 0 Å². The quantitative estimate of drug-likeness (QED) is 0.824. The topological polar surface area (TPSA) is 26.7 Å². The van der Waals surface area contributed by atoms with Gasteiger partial charge in [-0.25, -0.2) is 0 Å². The zero-order valence-corrected chi connectivity index (χ0v) is 11.8. The number of hydrogen-bond donors (Lipinski definition) is 1. The van der Waals surface area contributed by atoms with E-state index in [9.17, 15) is 0 Å². The highest BCUT2D eigenvalue weighted by Gasteiger charge is 2.23. The largest absolute Gasteiger partial charge is 0.384 e. The monoisotopic (exact) mass is 258 g/mol. The highest BCUT2D eigenvalue weighted by molar-refractivity contribution is 5.37. The van der Waals surface area contributed by atoms with Gasteiger partial charge in [0.1, 0.15) is 6.61 Å². The SMILES string of the molecule is CN(C)C1CCN(Cc2cccc(C#CCO)c2)C1. The van der Waals surface area contributed by atoms with Gasteiger partial charge in [-0.2, -0.15) is 0 Å². The molecule has 0 radical (unpaired) electrons. The van der Waals surface area contributed by atoms with Crippen molar-refractivity contribution in [2.75, 3.05) is 33.8 Å². The lowest BCUT2D eigenvalue weighted by Gasteiger charge is -2.20. The van der Waals surface area contributed by atoms with Gasteiger partial charge in [0.15, 0.2) is 0 Å². The Morgan fingerprint density at radius 2 is 2.26 bits per heavy atom. The lowest BCUT2D eigenvalue weighted by Crippen LogP contribution is -2.31. The van der Waals surface area contributed by atoms with Crippen LogP contribution >= 0.6 is 0 Å². The van der Waals surface area contributed by atoms with Crippen LogP contribution in [0.15, 0.2) is 24.3 Å². The van der Waals surface area contributed by atoms with Crippen LogP contribution < -0.4 is 0 Å². The molecule has 1 saturated heterocycles. The van der Waals surface area contributed by atoms with Gasteiger partial charge in [0.05, 0.1) is 0 Å². The van der Waals surface area contributed by atoms with Crippen LogP contribution in [0.1, 0.15) is 17.5 Å². The Morgan fingerprint density at radius 1 is 1.42 bits per heavy atom. The van der Waals surface area contributed by atoms with Crippen molar-refractivity contribution in [3.8, 4) is 11.8 Å². The molecule has 2 rings (SSSR count).